The minimum absolute atomic E-state index is 0.0232. The summed E-state index contributed by atoms with van der Waals surface area (Å²) >= 11 is 0. The van der Waals surface area contributed by atoms with Crippen LogP contribution in [0.15, 0.2) is 12.2 Å². The van der Waals surface area contributed by atoms with Crippen molar-refractivity contribution in [3.05, 3.63) is 12.2 Å². The fraction of sp³-hybridized carbons (Fsp3) is 0.953. The van der Waals surface area contributed by atoms with Gasteiger partial charge in [-0.25, -0.2) is 0 Å². The SMILES string of the molecule is CCCCCCCCCCCCCC/C=C/C(O)C(COC1OC(CO)C(O)C(O)C1O)NC(=O)CCCCCCCCCCCCCCCCCCCCCCCCCCCCCCCCCCCCCCCCCOC(=O)CCCCCCCCCCCCCCCCCC. The molecule has 0 radical (unpaired) electrons. The largest absolute Gasteiger partial charge is 0.466 e. The Balaban J connectivity index is 1.86. The Morgan fingerprint density at radius 1 is 0.371 bits per heavy atom. The van der Waals surface area contributed by atoms with Gasteiger partial charge in [0.15, 0.2) is 6.29 Å². The quantitative estimate of drug-likeness (QED) is 0.0195. The monoisotopic (exact) mass is 1370 g/mol. The first kappa shape index (κ1) is 93.4. The summed E-state index contributed by atoms with van der Waals surface area (Å²) in [5.74, 6) is -0.148. The lowest BCUT2D eigenvalue weighted by molar-refractivity contribution is -0.302. The van der Waals surface area contributed by atoms with Crippen LogP contribution in [0.5, 0.6) is 0 Å². The first-order chi connectivity index (χ1) is 47.7. The van der Waals surface area contributed by atoms with Gasteiger partial charge in [-0.3, -0.25) is 9.59 Å². The highest BCUT2D eigenvalue weighted by molar-refractivity contribution is 5.76. The van der Waals surface area contributed by atoms with Gasteiger partial charge in [-0.1, -0.05) is 431 Å². The number of rotatable bonds is 79. The van der Waals surface area contributed by atoms with Crippen molar-refractivity contribution in [2.75, 3.05) is 19.8 Å². The fourth-order valence-electron chi connectivity index (χ4n) is 14.4. The molecular weight excluding hydrogens is 1210 g/mol. The number of hydrogen-bond acceptors (Lipinski definition) is 10. The number of allylic oxidation sites excluding steroid dienone is 1. The van der Waals surface area contributed by atoms with E-state index in [1.807, 2.05) is 6.08 Å². The van der Waals surface area contributed by atoms with Gasteiger partial charge in [0.2, 0.25) is 5.91 Å². The normalized spacial score (nSPS) is 17.2. The lowest BCUT2D eigenvalue weighted by Crippen LogP contribution is -2.60. The zero-order valence-electron chi connectivity index (χ0n) is 64.6. The molecule has 1 amide bonds. The van der Waals surface area contributed by atoms with E-state index in [1.54, 1.807) is 6.08 Å². The van der Waals surface area contributed by atoms with Crippen LogP contribution in [0.25, 0.3) is 0 Å². The molecule has 6 N–H and O–H groups in total. The smallest absolute Gasteiger partial charge is 0.305 e. The molecule has 7 unspecified atom stereocenters. The van der Waals surface area contributed by atoms with Crippen LogP contribution in [0, 0.1) is 0 Å². The van der Waals surface area contributed by atoms with E-state index < -0.39 is 49.5 Å². The Morgan fingerprint density at radius 3 is 0.959 bits per heavy atom. The summed E-state index contributed by atoms with van der Waals surface area (Å²) in [5.41, 5.74) is 0. The third-order valence-electron chi connectivity index (χ3n) is 21.2. The third-order valence-corrected chi connectivity index (χ3v) is 21.2. The number of aliphatic hydroxyl groups is 5. The molecule has 11 nitrogen and oxygen atoms in total. The van der Waals surface area contributed by atoms with Crippen LogP contribution in [-0.2, 0) is 23.8 Å². The number of nitrogens with one attached hydrogen (secondary N) is 1. The number of carbonyl (C=O) groups is 2. The minimum atomic E-state index is -1.57. The molecule has 0 saturated carbocycles. The van der Waals surface area contributed by atoms with Gasteiger partial charge in [0.1, 0.15) is 24.4 Å². The Morgan fingerprint density at radius 2 is 0.649 bits per heavy atom. The van der Waals surface area contributed by atoms with Crippen molar-refractivity contribution in [1.29, 1.82) is 0 Å². The van der Waals surface area contributed by atoms with Crippen LogP contribution in [0.4, 0.5) is 0 Å². The lowest BCUT2D eigenvalue weighted by Gasteiger charge is -2.40. The van der Waals surface area contributed by atoms with Gasteiger partial charge >= 0.3 is 5.97 Å². The molecule has 0 aliphatic carbocycles. The summed E-state index contributed by atoms with van der Waals surface area (Å²) in [6, 6.07) is -0.805. The van der Waals surface area contributed by atoms with Crippen molar-refractivity contribution < 1.29 is 49.3 Å². The lowest BCUT2D eigenvalue weighted by atomic mass is 9.99. The number of hydrogen-bond donors (Lipinski definition) is 6. The number of aliphatic hydroxyl groups excluding tert-OH is 5. The molecule has 0 aromatic heterocycles. The van der Waals surface area contributed by atoms with Gasteiger partial charge in [-0.15, -0.1) is 0 Å². The second-order valence-corrected chi connectivity index (χ2v) is 30.6. The second kappa shape index (κ2) is 75.6. The van der Waals surface area contributed by atoms with Gasteiger partial charge in [-0.2, -0.15) is 0 Å². The van der Waals surface area contributed by atoms with Crippen LogP contribution in [0.2, 0.25) is 0 Å². The summed E-state index contributed by atoms with van der Waals surface area (Å²) in [5, 5.41) is 54.7. The van der Waals surface area contributed by atoms with E-state index in [1.165, 1.54) is 385 Å². The maximum Gasteiger partial charge on any atom is 0.305 e. The third kappa shape index (κ3) is 63.8. The van der Waals surface area contributed by atoms with Crippen molar-refractivity contribution in [1.82, 2.24) is 5.32 Å². The molecule has 0 spiro atoms. The van der Waals surface area contributed by atoms with E-state index >= 15 is 0 Å². The van der Waals surface area contributed by atoms with Crippen LogP contribution < -0.4 is 5.32 Å². The highest BCUT2D eigenvalue weighted by atomic mass is 16.7. The molecule has 576 valence electrons. The summed E-state index contributed by atoms with van der Waals surface area (Å²) < 4.78 is 16.8. The van der Waals surface area contributed by atoms with Crippen molar-refractivity contribution in [3.63, 3.8) is 0 Å². The molecule has 1 rings (SSSR count). The fourth-order valence-corrected chi connectivity index (χ4v) is 14.4. The Labute approximate surface area is 601 Å². The molecule has 1 fully saturated rings. The van der Waals surface area contributed by atoms with E-state index in [9.17, 15) is 35.1 Å². The molecule has 1 heterocycles. The number of amides is 1. The van der Waals surface area contributed by atoms with E-state index in [2.05, 4.69) is 19.2 Å². The van der Waals surface area contributed by atoms with Crippen molar-refractivity contribution in [2.24, 2.45) is 0 Å². The summed E-state index contributed by atoms with van der Waals surface area (Å²) in [4.78, 5) is 25.2. The zero-order chi connectivity index (χ0) is 70.1. The number of unbranched alkanes of at least 4 members (excludes halogenated alkanes) is 65. The Hall–Kier alpha value is -1.60. The molecule has 0 bridgehead atoms. The zero-order valence-corrected chi connectivity index (χ0v) is 64.6. The topological polar surface area (TPSA) is 175 Å². The standard InChI is InChI=1S/C86H167NO10/c1-3-5-7-9-11-13-15-17-19-46-50-54-58-62-66-70-74-82(91)95-75-71-67-63-59-55-51-47-44-42-40-38-36-34-32-30-28-26-24-22-20-21-23-25-27-29-31-33-35-37-39-41-43-45-49-53-57-61-65-69-73-81(90)87-78(77-96-86-85(94)84(93)83(92)80(76-88)97-86)79(89)72-68-64-60-56-52-48-18-16-14-12-10-8-6-4-2/h68,72,78-80,83-86,88-89,92-94H,3-67,69-71,73-77H2,1-2H3,(H,87,90)/b72-68+. The van der Waals surface area contributed by atoms with Crippen molar-refractivity contribution in [2.45, 2.75) is 506 Å². The summed E-state index contributed by atoms with van der Waals surface area (Å²) in [6.07, 6.45) is 87.0. The van der Waals surface area contributed by atoms with Crippen LogP contribution in [-0.4, -0.2) is 100 Å². The van der Waals surface area contributed by atoms with Gasteiger partial charge in [0.25, 0.3) is 0 Å². The van der Waals surface area contributed by atoms with Crippen LogP contribution in [0.3, 0.4) is 0 Å². The second-order valence-electron chi connectivity index (χ2n) is 30.6. The van der Waals surface area contributed by atoms with Gasteiger partial charge < -0.3 is 45.1 Å². The van der Waals surface area contributed by atoms with E-state index in [0.29, 0.717) is 19.4 Å². The first-order valence-electron chi connectivity index (χ1n) is 43.5. The molecule has 1 aliphatic rings. The highest BCUT2D eigenvalue weighted by Crippen LogP contribution is 2.24. The number of ether oxygens (including phenoxy) is 3. The Kier molecular flexibility index (Phi) is 72.8. The average Bonchev–Trinajstić information content (AvgIpc) is 0.843. The van der Waals surface area contributed by atoms with Crippen molar-refractivity contribution in [3.8, 4) is 0 Å². The average molecular weight is 1380 g/mol. The molecule has 7 atom stereocenters. The van der Waals surface area contributed by atoms with Crippen molar-refractivity contribution >= 4 is 11.9 Å². The molecule has 0 aromatic carbocycles. The molecule has 1 saturated heterocycles. The minimum Gasteiger partial charge on any atom is -0.466 e. The molecular formula is C86H167NO10. The van der Waals surface area contributed by atoms with E-state index in [0.717, 1.165) is 51.4 Å². The number of carbonyl (C=O) groups excluding carboxylic acids is 2. The summed E-state index contributed by atoms with van der Waals surface area (Å²) in [6.45, 7) is 4.43. The van der Waals surface area contributed by atoms with Gasteiger partial charge in [0, 0.05) is 12.8 Å². The van der Waals surface area contributed by atoms with Gasteiger partial charge in [0.05, 0.1) is 32.0 Å². The summed E-state index contributed by atoms with van der Waals surface area (Å²) in [7, 11) is 0. The molecule has 97 heavy (non-hydrogen) atoms. The maximum atomic E-state index is 13.1. The number of esters is 1. The molecule has 11 heteroatoms. The predicted octanol–water partition coefficient (Wildman–Crippen LogP) is 24.1. The Bertz CT molecular complexity index is 1610. The molecule has 0 aromatic rings. The predicted molar refractivity (Wildman–Crippen MR) is 412 cm³/mol. The van der Waals surface area contributed by atoms with Crippen LogP contribution >= 0.6 is 0 Å². The van der Waals surface area contributed by atoms with E-state index in [-0.39, 0.29) is 18.5 Å². The molecule has 1 aliphatic heterocycles. The van der Waals surface area contributed by atoms with E-state index in [4.69, 9.17) is 14.2 Å². The highest BCUT2D eigenvalue weighted by Gasteiger charge is 2.44. The first-order valence-corrected chi connectivity index (χ1v) is 43.5. The van der Waals surface area contributed by atoms with Gasteiger partial charge in [-0.05, 0) is 32.1 Å². The maximum absolute atomic E-state index is 13.1. The van der Waals surface area contributed by atoms with Crippen LogP contribution in [0.1, 0.15) is 463 Å².